The van der Waals surface area contributed by atoms with Gasteiger partial charge in [-0.2, -0.15) is 4.31 Å². The number of thiophene rings is 1. The highest BCUT2D eigenvalue weighted by Crippen LogP contribution is 2.22. The summed E-state index contributed by atoms with van der Waals surface area (Å²) in [6.45, 7) is 1.25. The molecule has 4 nitrogen and oxygen atoms in total. The van der Waals surface area contributed by atoms with Gasteiger partial charge in [-0.25, -0.2) is 8.42 Å². The average Bonchev–Trinajstić information content (AvgIpc) is 2.92. The van der Waals surface area contributed by atoms with Crippen molar-refractivity contribution >= 4 is 33.3 Å². The van der Waals surface area contributed by atoms with Crippen LogP contribution in [0.1, 0.15) is 30.6 Å². The van der Waals surface area contributed by atoms with Crippen molar-refractivity contribution in [1.82, 2.24) is 4.31 Å². The third kappa shape index (κ3) is 4.07. The smallest absolute Gasteiger partial charge is 0.243 e. The third-order valence-corrected chi connectivity index (χ3v) is 6.64. The van der Waals surface area contributed by atoms with E-state index in [1.165, 1.54) is 0 Å². The Morgan fingerprint density at radius 3 is 2.30 bits per heavy atom. The van der Waals surface area contributed by atoms with Gasteiger partial charge in [0.15, 0.2) is 0 Å². The lowest BCUT2D eigenvalue weighted by Crippen LogP contribution is -2.31. The van der Waals surface area contributed by atoms with Crippen molar-refractivity contribution in [2.45, 2.75) is 30.6 Å². The van der Waals surface area contributed by atoms with Crippen molar-refractivity contribution in [1.29, 1.82) is 0 Å². The fraction of sp³-hybridized carbons (Fsp3) is 0.353. The Labute approximate surface area is 141 Å². The van der Waals surface area contributed by atoms with Crippen LogP contribution in [0.4, 0.5) is 5.69 Å². The van der Waals surface area contributed by atoms with Crippen molar-refractivity contribution < 1.29 is 8.42 Å². The van der Waals surface area contributed by atoms with Crippen molar-refractivity contribution in [3.63, 3.8) is 0 Å². The molecular formula is C17H20N2O2S2. The summed E-state index contributed by atoms with van der Waals surface area (Å²) in [4.78, 5) is 5.81. The molecule has 1 aromatic carbocycles. The number of hydrogen-bond donors (Lipinski definition) is 0. The Morgan fingerprint density at radius 1 is 1.00 bits per heavy atom. The van der Waals surface area contributed by atoms with Gasteiger partial charge >= 0.3 is 0 Å². The Morgan fingerprint density at radius 2 is 1.70 bits per heavy atom. The molecule has 1 fully saturated rings. The van der Waals surface area contributed by atoms with E-state index in [1.807, 2.05) is 17.5 Å². The minimum absolute atomic E-state index is 0.356. The summed E-state index contributed by atoms with van der Waals surface area (Å²) in [7, 11) is -3.38. The normalized spacial score (nSPS) is 17.4. The highest BCUT2D eigenvalue weighted by Gasteiger charge is 2.24. The van der Waals surface area contributed by atoms with Crippen molar-refractivity contribution in [3.05, 3.63) is 46.7 Å². The van der Waals surface area contributed by atoms with E-state index in [4.69, 9.17) is 0 Å². The predicted molar refractivity (Wildman–Crippen MR) is 95.2 cm³/mol. The van der Waals surface area contributed by atoms with Crippen molar-refractivity contribution in [2.24, 2.45) is 4.99 Å². The molecule has 1 aromatic heterocycles. The zero-order valence-corrected chi connectivity index (χ0v) is 14.5. The van der Waals surface area contributed by atoms with Gasteiger partial charge in [0.1, 0.15) is 0 Å². The number of hydrogen-bond acceptors (Lipinski definition) is 4. The molecule has 2 heterocycles. The third-order valence-electron chi connectivity index (χ3n) is 3.92. The number of sulfonamides is 1. The van der Waals surface area contributed by atoms with E-state index in [0.29, 0.717) is 18.0 Å². The topological polar surface area (TPSA) is 49.7 Å². The second-order valence-corrected chi connectivity index (χ2v) is 8.50. The van der Waals surface area contributed by atoms with Gasteiger partial charge in [-0.15, -0.1) is 11.3 Å². The molecule has 0 atom stereocenters. The van der Waals surface area contributed by atoms with Crippen LogP contribution >= 0.6 is 11.3 Å². The first-order valence-corrected chi connectivity index (χ1v) is 10.2. The van der Waals surface area contributed by atoms with Crippen LogP contribution in [-0.4, -0.2) is 32.0 Å². The van der Waals surface area contributed by atoms with E-state index in [9.17, 15) is 8.42 Å². The number of benzene rings is 1. The molecule has 0 bridgehead atoms. The first kappa shape index (κ1) is 16.4. The van der Waals surface area contributed by atoms with Crippen LogP contribution in [0.2, 0.25) is 0 Å². The maximum absolute atomic E-state index is 12.7. The summed E-state index contributed by atoms with van der Waals surface area (Å²) in [5.41, 5.74) is 0.758. The van der Waals surface area contributed by atoms with E-state index in [-0.39, 0.29) is 0 Å². The van der Waals surface area contributed by atoms with Crippen molar-refractivity contribution in [3.8, 4) is 0 Å². The Balaban J connectivity index is 1.75. The van der Waals surface area contributed by atoms with E-state index in [2.05, 4.69) is 4.99 Å². The summed E-state index contributed by atoms with van der Waals surface area (Å²) in [6, 6.07) is 10.8. The molecule has 0 amide bonds. The first-order chi connectivity index (χ1) is 11.2. The number of nitrogens with zero attached hydrogens (tertiary/aromatic N) is 2. The molecule has 1 saturated heterocycles. The molecular weight excluding hydrogens is 328 g/mol. The summed E-state index contributed by atoms with van der Waals surface area (Å²) in [5, 5.41) is 2.00. The molecule has 0 radical (unpaired) electrons. The second kappa shape index (κ2) is 7.38. The first-order valence-electron chi connectivity index (χ1n) is 7.84. The number of aliphatic imine (C=N–C) groups is 1. The monoisotopic (exact) mass is 348 g/mol. The van der Waals surface area contributed by atoms with Gasteiger partial charge in [-0.1, -0.05) is 18.9 Å². The number of rotatable bonds is 4. The minimum Gasteiger partial charge on any atom is -0.255 e. The molecule has 1 aliphatic rings. The predicted octanol–water partition coefficient (Wildman–Crippen LogP) is 4.06. The minimum atomic E-state index is -3.38. The highest BCUT2D eigenvalue weighted by molar-refractivity contribution is 7.89. The lowest BCUT2D eigenvalue weighted by Gasteiger charge is -2.19. The molecule has 1 aliphatic heterocycles. The van der Waals surface area contributed by atoms with Crippen LogP contribution in [-0.2, 0) is 10.0 Å². The molecule has 0 saturated carbocycles. The van der Waals surface area contributed by atoms with Gasteiger partial charge in [-0.3, -0.25) is 4.99 Å². The molecule has 0 N–H and O–H groups in total. The summed E-state index contributed by atoms with van der Waals surface area (Å²) in [6.07, 6.45) is 5.92. The molecule has 2 aromatic rings. The Bertz CT molecular complexity index is 742. The van der Waals surface area contributed by atoms with E-state index in [0.717, 1.165) is 36.2 Å². The standard InChI is InChI=1S/C17H20N2O2S2/c20-23(21,19-11-3-1-2-4-12-19)17-9-7-15(8-10-17)18-14-16-6-5-13-22-16/h5-10,13-14H,1-4,11-12H2. The van der Waals surface area contributed by atoms with E-state index in [1.54, 1.807) is 46.1 Å². The van der Waals surface area contributed by atoms with Gasteiger partial charge < -0.3 is 0 Å². The Kier molecular flexibility index (Phi) is 5.25. The van der Waals surface area contributed by atoms with E-state index >= 15 is 0 Å². The molecule has 122 valence electrons. The summed E-state index contributed by atoms with van der Waals surface area (Å²) in [5.74, 6) is 0. The molecule has 3 rings (SSSR count). The fourth-order valence-corrected chi connectivity index (χ4v) is 4.74. The van der Waals surface area contributed by atoms with Crippen LogP contribution < -0.4 is 0 Å². The Hall–Kier alpha value is -1.50. The van der Waals surface area contributed by atoms with Crippen LogP contribution in [0.3, 0.4) is 0 Å². The van der Waals surface area contributed by atoms with Gasteiger partial charge in [0.05, 0.1) is 10.6 Å². The SMILES string of the molecule is O=S(=O)(c1ccc(N=Cc2cccs2)cc1)N1CCCCCC1. The van der Waals surface area contributed by atoms with Crippen LogP contribution in [0.15, 0.2) is 51.7 Å². The molecule has 6 heteroatoms. The van der Waals surface area contributed by atoms with Gasteiger partial charge in [0, 0.05) is 24.2 Å². The van der Waals surface area contributed by atoms with Crippen LogP contribution in [0.5, 0.6) is 0 Å². The highest BCUT2D eigenvalue weighted by atomic mass is 32.2. The van der Waals surface area contributed by atoms with E-state index < -0.39 is 10.0 Å². The van der Waals surface area contributed by atoms with Gasteiger partial charge in [0.25, 0.3) is 0 Å². The zero-order valence-electron chi connectivity index (χ0n) is 12.9. The van der Waals surface area contributed by atoms with Gasteiger partial charge in [-0.05, 0) is 48.6 Å². The molecule has 23 heavy (non-hydrogen) atoms. The molecule has 0 spiro atoms. The van der Waals surface area contributed by atoms with Gasteiger partial charge in [0.2, 0.25) is 10.0 Å². The lowest BCUT2D eigenvalue weighted by molar-refractivity contribution is 0.424. The maximum atomic E-state index is 12.7. The van der Waals surface area contributed by atoms with Crippen LogP contribution in [0, 0.1) is 0 Å². The fourth-order valence-electron chi connectivity index (χ4n) is 2.64. The zero-order chi connectivity index (χ0) is 16.1. The molecule has 0 aliphatic carbocycles. The van der Waals surface area contributed by atoms with Crippen LogP contribution in [0.25, 0.3) is 0 Å². The maximum Gasteiger partial charge on any atom is 0.243 e. The molecule has 0 unspecified atom stereocenters. The average molecular weight is 348 g/mol. The summed E-state index contributed by atoms with van der Waals surface area (Å²) < 4.78 is 27.0. The quantitative estimate of drug-likeness (QED) is 0.782. The second-order valence-electron chi connectivity index (χ2n) is 5.59. The van der Waals surface area contributed by atoms with Crippen molar-refractivity contribution in [2.75, 3.05) is 13.1 Å². The largest absolute Gasteiger partial charge is 0.255 e. The summed E-state index contributed by atoms with van der Waals surface area (Å²) >= 11 is 1.62. The lowest BCUT2D eigenvalue weighted by atomic mass is 10.2.